The van der Waals surface area contributed by atoms with Crippen molar-refractivity contribution < 1.29 is 19.1 Å². The van der Waals surface area contributed by atoms with E-state index in [1.807, 2.05) is 6.07 Å². The summed E-state index contributed by atoms with van der Waals surface area (Å²) in [7, 11) is 1.48. The predicted octanol–water partition coefficient (Wildman–Crippen LogP) is 2.24. The van der Waals surface area contributed by atoms with Gasteiger partial charge in [-0.2, -0.15) is 5.26 Å². The summed E-state index contributed by atoms with van der Waals surface area (Å²) in [5.41, 5.74) is 1.29. The Labute approximate surface area is 138 Å². The first-order valence-corrected chi connectivity index (χ1v) is 7.32. The number of ether oxygens (including phenoxy) is 2. The molecule has 0 radical (unpaired) electrons. The van der Waals surface area contributed by atoms with Crippen molar-refractivity contribution in [2.24, 2.45) is 0 Å². The highest BCUT2D eigenvalue weighted by Gasteiger charge is 2.34. The molecule has 2 aromatic carbocycles. The van der Waals surface area contributed by atoms with Gasteiger partial charge in [0.25, 0.3) is 11.8 Å². The van der Waals surface area contributed by atoms with E-state index in [1.165, 1.54) is 12.0 Å². The fourth-order valence-electron chi connectivity index (χ4n) is 2.55. The van der Waals surface area contributed by atoms with Gasteiger partial charge >= 0.3 is 0 Å². The molecule has 120 valence electrons. The second-order valence-electron chi connectivity index (χ2n) is 5.13. The van der Waals surface area contributed by atoms with Gasteiger partial charge in [0.2, 0.25) is 0 Å². The third kappa shape index (κ3) is 2.68. The van der Waals surface area contributed by atoms with Crippen LogP contribution in [0, 0.1) is 11.3 Å². The number of carbonyl (C=O) groups excluding carboxylic acids is 2. The minimum absolute atomic E-state index is 0.133. The molecule has 0 fully saturated rings. The molecule has 1 aliphatic rings. The van der Waals surface area contributed by atoms with Crippen LogP contribution in [0.15, 0.2) is 42.5 Å². The number of methoxy groups -OCH3 is 1. The first-order valence-electron chi connectivity index (χ1n) is 7.32. The van der Waals surface area contributed by atoms with E-state index in [9.17, 15) is 9.59 Å². The summed E-state index contributed by atoms with van der Waals surface area (Å²) in [5, 5.41) is 8.88. The summed E-state index contributed by atoms with van der Waals surface area (Å²) in [6.45, 7) is 0.267. The molecule has 1 aliphatic heterocycles. The second kappa shape index (κ2) is 6.42. The lowest BCUT2D eigenvalue weighted by Gasteiger charge is -2.15. The highest BCUT2D eigenvalue weighted by Crippen LogP contribution is 2.28. The number of nitrogens with zero attached hydrogens (tertiary/aromatic N) is 2. The van der Waals surface area contributed by atoms with Crippen molar-refractivity contribution in [1.82, 2.24) is 4.90 Å². The second-order valence-corrected chi connectivity index (χ2v) is 5.13. The molecule has 0 aliphatic carbocycles. The fourth-order valence-corrected chi connectivity index (χ4v) is 2.55. The zero-order valence-corrected chi connectivity index (χ0v) is 13.0. The molecule has 0 spiro atoms. The van der Waals surface area contributed by atoms with Crippen LogP contribution in [0.25, 0.3) is 0 Å². The first-order chi connectivity index (χ1) is 11.7. The Balaban J connectivity index is 1.67. The van der Waals surface area contributed by atoms with Gasteiger partial charge in [0, 0.05) is 6.07 Å². The van der Waals surface area contributed by atoms with Gasteiger partial charge in [0.1, 0.15) is 6.61 Å². The molecule has 0 saturated heterocycles. The molecule has 0 aromatic heterocycles. The van der Waals surface area contributed by atoms with Gasteiger partial charge in [-0.25, -0.2) is 0 Å². The van der Waals surface area contributed by atoms with E-state index in [2.05, 4.69) is 0 Å². The lowest BCUT2D eigenvalue weighted by atomic mass is 10.1. The van der Waals surface area contributed by atoms with Gasteiger partial charge in [-0.3, -0.25) is 14.5 Å². The Morgan fingerprint density at radius 2 is 1.71 bits per heavy atom. The van der Waals surface area contributed by atoms with E-state index in [0.29, 0.717) is 28.2 Å². The molecular weight excluding hydrogens is 308 g/mol. The van der Waals surface area contributed by atoms with Crippen LogP contribution >= 0.6 is 0 Å². The van der Waals surface area contributed by atoms with Crippen LogP contribution in [-0.4, -0.2) is 37.0 Å². The summed E-state index contributed by atoms with van der Waals surface area (Å²) in [6.07, 6.45) is 0. The molecule has 2 aromatic rings. The molecule has 3 rings (SSSR count). The third-order valence-electron chi connectivity index (χ3n) is 3.74. The number of amides is 2. The molecule has 1 heterocycles. The van der Waals surface area contributed by atoms with E-state index in [0.717, 1.165) is 0 Å². The summed E-state index contributed by atoms with van der Waals surface area (Å²) in [5.74, 6) is 0.251. The van der Waals surface area contributed by atoms with Crippen molar-refractivity contribution in [1.29, 1.82) is 5.26 Å². The number of hydrogen-bond acceptors (Lipinski definition) is 5. The lowest BCUT2D eigenvalue weighted by Crippen LogP contribution is -2.33. The van der Waals surface area contributed by atoms with E-state index in [4.69, 9.17) is 14.7 Å². The van der Waals surface area contributed by atoms with Crippen molar-refractivity contribution in [3.05, 3.63) is 59.2 Å². The van der Waals surface area contributed by atoms with Crippen LogP contribution in [0.4, 0.5) is 0 Å². The molecule has 0 saturated carbocycles. The van der Waals surface area contributed by atoms with Gasteiger partial charge in [-0.15, -0.1) is 0 Å². The zero-order valence-electron chi connectivity index (χ0n) is 13.0. The molecule has 0 N–H and O–H groups in total. The minimum atomic E-state index is -0.314. The predicted molar refractivity (Wildman–Crippen MR) is 85.0 cm³/mol. The van der Waals surface area contributed by atoms with Crippen molar-refractivity contribution in [3.63, 3.8) is 0 Å². The van der Waals surface area contributed by atoms with Crippen LogP contribution in [0.1, 0.15) is 26.3 Å². The topological polar surface area (TPSA) is 79.6 Å². The van der Waals surface area contributed by atoms with E-state index >= 15 is 0 Å². The minimum Gasteiger partial charge on any atom is -0.493 e. The summed E-state index contributed by atoms with van der Waals surface area (Å²) in [4.78, 5) is 25.7. The molecule has 0 unspecified atom stereocenters. The first kappa shape index (κ1) is 15.6. The molecule has 6 heteroatoms. The zero-order chi connectivity index (χ0) is 17.1. The number of fused-ring (bicyclic) bond motifs is 1. The number of nitriles is 1. The van der Waals surface area contributed by atoms with Crippen LogP contribution < -0.4 is 9.47 Å². The van der Waals surface area contributed by atoms with E-state index < -0.39 is 0 Å². The SMILES string of the molecule is COc1cc(C#N)ccc1OCCN1C(=O)c2ccccc2C1=O. The standard InChI is InChI=1S/C18H14N2O4/c1-23-16-10-12(11-19)6-7-15(16)24-9-8-20-17(21)13-4-2-3-5-14(13)18(20)22/h2-7,10H,8-9H2,1H3. The smallest absolute Gasteiger partial charge is 0.261 e. The fraction of sp³-hybridized carbons (Fsp3) is 0.167. The van der Waals surface area contributed by atoms with Gasteiger partial charge in [0.05, 0.1) is 36.4 Å². The quantitative estimate of drug-likeness (QED) is 0.789. The molecule has 24 heavy (non-hydrogen) atoms. The number of carbonyl (C=O) groups is 2. The lowest BCUT2D eigenvalue weighted by molar-refractivity contribution is 0.0631. The number of benzene rings is 2. The largest absolute Gasteiger partial charge is 0.493 e. The Bertz CT molecular complexity index is 819. The molecule has 6 nitrogen and oxygen atoms in total. The summed E-state index contributed by atoms with van der Waals surface area (Å²) >= 11 is 0. The molecule has 0 bridgehead atoms. The Morgan fingerprint density at radius 1 is 1.04 bits per heavy atom. The Hall–Kier alpha value is -3.33. The van der Waals surface area contributed by atoms with Gasteiger partial charge < -0.3 is 9.47 Å². The summed E-state index contributed by atoms with van der Waals surface area (Å²) in [6, 6.07) is 13.6. The molecular formula is C18H14N2O4. The maximum absolute atomic E-state index is 12.2. The average molecular weight is 322 g/mol. The normalized spacial score (nSPS) is 12.8. The molecule has 0 atom stereocenters. The summed E-state index contributed by atoms with van der Waals surface area (Å²) < 4.78 is 10.8. The number of hydrogen-bond donors (Lipinski definition) is 0. The Kier molecular flexibility index (Phi) is 4.17. The van der Waals surface area contributed by atoms with Crippen LogP contribution in [0.3, 0.4) is 0 Å². The van der Waals surface area contributed by atoms with E-state index in [-0.39, 0.29) is 25.0 Å². The van der Waals surface area contributed by atoms with E-state index in [1.54, 1.807) is 42.5 Å². The Morgan fingerprint density at radius 3 is 2.29 bits per heavy atom. The van der Waals surface area contributed by atoms with Gasteiger partial charge in [0.15, 0.2) is 11.5 Å². The van der Waals surface area contributed by atoms with Gasteiger partial charge in [-0.1, -0.05) is 12.1 Å². The molecule has 2 amide bonds. The van der Waals surface area contributed by atoms with Gasteiger partial charge in [-0.05, 0) is 24.3 Å². The monoisotopic (exact) mass is 322 g/mol. The van der Waals surface area contributed by atoms with Crippen molar-refractivity contribution in [3.8, 4) is 17.6 Å². The van der Waals surface area contributed by atoms with Crippen molar-refractivity contribution in [2.75, 3.05) is 20.3 Å². The highest BCUT2D eigenvalue weighted by molar-refractivity contribution is 6.21. The van der Waals surface area contributed by atoms with Crippen LogP contribution in [0.5, 0.6) is 11.5 Å². The van der Waals surface area contributed by atoms with Crippen LogP contribution in [-0.2, 0) is 0 Å². The maximum atomic E-state index is 12.2. The van der Waals surface area contributed by atoms with Crippen molar-refractivity contribution in [2.45, 2.75) is 0 Å². The number of imide groups is 1. The number of rotatable bonds is 5. The van der Waals surface area contributed by atoms with Crippen LogP contribution in [0.2, 0.25) is 0 Å². The van der Waals surface area contributed by atoms with Crippen molar-refractivity contribution >= 4 is 11.8 Å². The third-order valence-corrected chi connectivity index (χ3v) is 3.74. The highest BCUT2D eigenvalue weighted by atomic mass is 16.5. The average Bonchev–Trinajstić information content (AvgIpc) is 2.87. The maximum Gasteiger partial charge on any atom is 0.261 e.